The topological polar surface area (TPSA) is 87.7 Å². The number of aliphatic carboxylic acids is 1. The quantitative estimate of drug-likeness (QED) is 0.688. The second-order valence-corrected chi connectivity index (χ2v) is 4.80. The van der Waals surface area contributed by atoms with Gasteiger partial charge >= 0.3 is 12.0 Å². The van der Waals surface area contributed by atoms with Gasteiger partial charge in [0.25, 0.3) is 0 Å². The van der Waals surface area contributed by atoms with Gasteiger partial charge in [0.05, 0.1) is 6.61 Å². The van der Waals surface area contributed by atoms with Crippen LogP contribution >= 0.6 is 0 Å². The number of hydrogen-bond donors (Lipinski definition) is 3. The third kappa shape index (κ3) is 7.20. The predicted molar refractivity (Wildman–Crippen MR) is 80.7 cm³/mol. The van der Waals surface area contributed by atoms with E-state index >= 15 is 0 Å². The zero-order chi connectivity index (χ0) is 15.7. The summed E-state index contributed by atoms with van der Waals surface area (Å²) < 4.78 is 5.45. The van der Waals surface area contributed by atoms with Crippen molar-refractivity contribution >= 4 is 17.7 Å². The maximum absolute atomic E-state index is 11.7. The Morgan fingerprint density at radius 3 is 2.52 bits per heavy atom. The summed E-state index contributed by atoms with van der Waals surface area (Å²) in [5.41, 5.74) is 0.654. The standard InChI is InChI=1S/C15H22N2O4/c1-3-10-21-13-7-5-12(6-8-13)17-15(20)16-11(2)4-9-14(18)19/h5-8,11H,3-4,9-10H2,1-2H3,(H,18,19)(H2,16,17,20). The van der Waals surface area contributed by atoms with Crippen molar-refractivity contribution in [2.45, 2.75) is 39.2 Å². The van der Waals surface area contributed by atoms with Crippen LogP contribution in [0.1, 0.15) is 33.1 Å². The summed E-state index contributed by atoms with van der Waals surface area (Å²) in [5, 5.41) is 14.0. The van der Waals surface area contributed by atoms with Crippen LogP contribution in [-0.4, -0.2) is 29.8 Å². The van der Waals surface area contributed by atoms with Crippen LogP contribution in [0.4, 0.5) is 10.5 Å². The molecule has 1 aromatic rings. The van der Waals surface area contributed by atoms with E-state index in [2.05, 4.69) is 10.6 Å². The van der Waals surface area contributed by atoms with Gasteiger partial charge in [0.15, 0.2) is 0 Å². The molecule has 0 heterocycles. The molecule has 0 saturated heterocycles. The highest BCUT2D eigenvalue weighted by atomic mass is 16.5. The van der Waals surface area contributed by atoms with Crippen LogP contribution < -0.4 is 15.4 Å². The van der Waals surface area contributed by atoms with Crippen molar-refractivity contribution in [1.82, 2.24) is 5.32 Å². The lowest BCUT2D eigenvalue weighted by atomic mass is 10.2. The zero-order valence-electron chi connectivity index (χ0n) is 12.4. The van der Waals surface area contributed by atoms with Crippen molar-refractivity contribution in [1.29, 1.82) is 0 Å². The van der Waals surface area contributed by atoms with Crippen LogP contribution in [0, 0.1) is 0 Å². The molecule has 6 nitrogen and oxygen atoms in total. The first-order valence-electron chi connectivity index (χ1n) is 7.03. The lowest BCUT2D eigenvalue weighted by Gasteiger charge is -2.14. The molecule has 6 heteroatoms. The fourth-order valence-electron chi connectivity index (χ4n) is 1.66. The fraction of sp³-hybridized carbons (Fsp3) is 0.467. The molecule has 1 rings (SSSR count). The van der Waals surface area contributed by atoms with Crippen molar-refractivity contribution in [2.24, 2.45) is 0 Å². The third-order valence-electron chi connectivity index (χ3n) is 2.75. The van der Waals surface area contributed by atoms with Gasteiger partial charge in [0.2, 0.25) is 0 Å². The molecule has 0 aliphatic carbocycles. The van der Waals surface area contributed by atoms with E-state index in [-0.39, 0.29) is 18.5 Å². The second kappa shape index (κ2) is 8.84. The molecule has 0 aliphatic heterocycles. The minimum Gasteiger partial charge on any atom is -0.494 e. The first-order valence-corrected chi connectivity index (χ1v) is 7.03. The van der Waals surface area contributed by atoms with E-state index in [9.17, 15) is 9.59 Å². The monoisotopic (exact) mass is 294 g/mol. The van der Waals surface area contributed by atoms with Gasteiger partial charge in [-0.2, -0.15) is 0 Å². The molecule has 0 spiro atoms. The summed E-state index contributed by atoms with van der Waals surface area (Å²) in [6.07, 6.45) is 1.37. The average molecular weight is 294 g/mol. The molecule has 1 aromatic carbocycles. The Kier molecular flexibility index (Phi) is 7.08. The molecule has 21 heavy (non-hydrogen) atoms. The highest BCUT2D eigenvalue weighted by Crippen LogP contribution is 2.15. The Bertz CT molecular complexity index is 459. The normalized spacial score (nSPS) is 11.5. The van der Waals surface area contributed by atoms with E-state index < -0.39 is 5.97 Å². The van der Waals surface area contributed by atoms with Crippen LogP contribution in [0.15, 0.2) is 24.3 Å². The third-order valence-corrected chi connectivity index (χ3v) is 2.75. The Hall–Kier alpha value is -2.24. The Balaban J connectivity index is 2.38. The van der Waals surface area contributed by atoms with Crippen molar-refractivity contribution in [3.8, 4) is 5.75 Å². The SMILES string of the molecule is CCCOc1ccc(NC(=O)NC(C)CCC(=O)O)cc1. The maximum Gasteiger partial charge on any atom is 0.319 e. The second-order valence-electron chi connectivity index (χ2n) is 4.80. The van der Waals surface area contributed by atoms with E-state index in [4.69, 9.17) is 9.84 Å². The molecule has 0 saturated carbocycles. The molecule has 0 aliphatic rings. The van der Waals surface area contributed by atoms with Crippen LogP contribution in [0.5, 0.6) is 5.75 Å². The van der Waals surface area contributed by atoms with Crippen LogP contribution in [-0.2, 0) is 4.79 Å². The number of ether oxygens (including phenoxy) is 1. The van der Waals surface area contributed by atoms with Gasteiger partial charge in [0.1, 0.15) is 5.75 Å². The molecule has 3 N–H and O–H groups in total. The number of carboxylic acid groups (broad SMARTS) is 1. The number of nitrogens with one attached hydrogen (secondary N) is 2. The van der Waals surface area contributed by atoms with Gasteiger partial charge in [-0.15, -0.1) is 0 Å². The number of benzene rings is 1. The molecule has 116 valence electrons. The molecule has 0 fully saturated rings. The number of hydrogen-bond acceptors (Lipinski definition) is 3. The van der Waals surface area contributed by atoms with Gasteiger partial charge in [0, 0.05) is 18.2 Å². The van der Waals surface area contributed by atoms with Gasteiger partial charge < -0.3 is 20.5 Å². The largest absolute Gasteiger partial charge is 0.494 e. The Labute approximate surface area is 124 Å². The summed E-state index contributed by atoms with van der Waals surface area (Å²) in [6, 6.07) is 6.54. The molecule has 1 unspecified atom stereocenters. The van der Waals surface area contributed by atoms with Crippen molar-refractivity contribution < 1.29 is 19.4 Å². The van der Waals surface area contributed by atoms with Crippen molar-refractivity contribution in [3.63, 3.8) is 0 Å². The lowest BCUT2D eigenvalue weighted by molar-refractivity contribution is -0.137. The molecule has 0 aromatic heterocycles. The molecule has 2 amide bonds. The van der Waals surface area contributed by atoms with E-state index in [1.165, 1.54) is 0 Å². The Morgan fingerprint density at radius 2 is 1.95 bits per heavy atom. The number of amides is 2. The number of carbonyl (C=O) groups excluding carboxylic acids is 1. The molecule has 0 bridgehead atoms. The van der Waals surface area contributed by atoms with E-state index in [0.29, 0.717) is 18.7 Å². The van der Waals surface area contributed by atoms with Gasteiger partial charge in [-0.25, -0.2) is 4.79 Å². The number of anilines is 1. The predicted octanol–water partition coefficient (Wildman–Crippen LogP) is 2.85. The van der Waals surface area contributed by atoms with Crippen LogP contribution in [0.3, 0.4) is 0 Å². The summed E-state index contributed by atoms with van der Waals surface area (Å²) in [5.74, 6) is -0.107. The summed E-state index contributed by atoms with van der Waals surface area (Å²) in [4.78, 5) is 22.2. The van der Waals surface area contributed by atoms with Gasteiger partial charge in [-0.05, 0) is 44.0 Å². The fourth-order valence-corrected chi connectivity index (χ4v) is 1.66. The molecular formula is C15H22N2O4. The molecule has 1 atom stereocenters. The number of carboxylic acids is 1. The van der Waals surface area contributed by atoms with Crippen LogP contribution in [0.2, 0.25) is 0 Å². The summed E-state index contributed by atoms with van der Waals surface area (Å²) >= 11 is 0. The molecular weight excluding hydrogens is 272 g/mol. The van der Waals surface area contributed by atoms with Crippen molar-refractivity contribution in [3.05, 3.63) is 24.3 Å². The summed E-state index contributed by atoms with van der Waals surface area (Å²) in [7, 11) is 0. The number of rotatable bonds is 8. The zero-order valence-corrected chi connectivity index (χ0v) is 12.4. The van der Waals surface area contributed by atoms with Gasteiger partial charge in [-0.1, -0.05) is 6.92 Å². The summed E-state index contributed by atoms with van der Waals surface area (Å²) in [6.45, 7) is 4.46. The Morgan fingerprint density at radius 1 is 1.29 bits per heavy atom. The highest BCUT2D eigenvalue weighted by molar-refractivity contribution is 5.89. The van der Waals surface area contributed by atoms with Crippen molar-refractivity contribution in [2.75, 3.05) is 11.9 Å². The van der Waals surface area contributed by atoms with Gasteiger partial charge in [-0.3, -0.25) is 4.79 Å². The maximum atomic E-state index is 11.7. The van der Waals surface area contributed by atoms with E-state index in [1.807, 2.05) is 6.92 Å². The minimum absolute atomic E-state index is 0.0326. The first-order chi connectivity index (χ1) is 10.0. The lowest BCUT2D eigenvalue weighted by Crippen LogP contribution is -2.36. The first kappa shape index (κ1) is 16.8. The molecule has 0 radical (unpaired) electrons. The smallest absolute Gasteiger partial charge is 0.319 e. The van der Waals surface area contributed by atoms with E-state index in [0.717, 1.165) is 12.2 Å². The number of carbonyl (C=O) groups is 2. The van der Waals surface area contributed by atoms with E-state index in [1.54, 1.807) is 31.2 Å². The highest BCUT2D eigenvalue weighted by Gasteiger charge is 2.09. The van der Waals surface area contributed by atoms with Crippen LogP contribution in [0.25, 0.3) is 0 Å². The minimum atomic E-state index is -0.869. The average Bonchev–Trinajstić information content (AvgIpc) is 2.44. The number of urea groups is 1.